The van der Waals surface area contributed by atoms with Gasteiger partial charge in [-0.15, -0.1) is 0 Å². The maximum atomic E-state index is 11.1. The van der Waals surface area contributed by atoms with Gasteiger partial charge < -0.3 is 9.47 Å². The maximum absolute atomic E-state index is 11.1. The van der Waals surface area contributed by atoms with Crippen molar-refractivity contribution in [3.63, 3.8) is 0 Å². The van der Waals surface area contributed by atoms with Crippen LogP contribution >= 0.6 is 11.8 Å². The third-order valence-corrected chi connectivity index (χ3v) is 3.68. The molecule has 4 nitrogen and oxygen atoms in total. The Morgan fingerprint density at radius 1 is 0.810 bits per heavy atom. The third-order valence-electron chi connectivity index (χ3n) is 2.53. The largest absolute Gasteiger partial charge is 0.462 e. The van der Waals surface area contributed by atoms with Crippen LogP contribution in [0.2, 0.25) is 0 Å². The maximum Gasteiger partial charge on any atom is 0.333 e. The molecule has 0 rings (SSSR count). The lowest BCUT2D eigenvalue weighted by Crippen LogP contribution is -2.06. The number of unbranched alkanes of at least 4 members (excludes halogenated alkanes) is 2. The van der Waals surface area contributed by atoms with Gasteiger partial charge in [0.25, 0.3) is 0 Å². The molecule has 21 heavy (non-hydrogen) atoms. The number of esters is 2. The van der Waals surface area contributed by atoms with Gasteiger partial charge in [-0.05, 0) is 51.0 Å². The number of ether oxygens (including phenoxy) is 2. The summed E-state index contributed by atoms with van der Waals surface area (Å²) in [4.78, 5) is 22.2. The van der Waals surface area contributed by atoms with E-state index in [1.807, 2.05) is 11.8 Å². The standard InChI is InChI=1S/C16H26O4S/c1-13(2)15(17)19-9-5-7-11-21-12-8-6-10-20-16(18)14(3)4/h1,3,5-12H2,2,4H3. The normalized spacial score (nSPS) is 10.0. The van der Waals surface area contributed by atoms with Crippen LogP contribution in [0.1, 0.15) is 39.5 Å². The fraction of sp³-hybridized carbons (Fsp3) is 0.625. The summed E-state index contributed by atoms with van der Waals surface area (Å²) in [7, 11) is 0. The van der Waals surface area contributed by atoms with Crippen LogP contribution in [-0.4, -0.2) is 36.7 Å². The van der Waals surface area contributed by atoms with Crippen molar-refractivity contribution < 1.29 is 19.1 Å². The lowest BCUT2D eigenvalue weighted by Gasteiger charge is -2.05. The monoisotopic (exact) mass is 314 g/mol. The highest BCUT2D eigenvalue weighted by molar-refractivity contribution is 7.99. The molecule has 0 saturated carbocycles. The summed E-state index contributed by atoms with van der Waals surface area (Å²) < 4.78 is 10.0. The van der Waals surface area contributed by atoms with E-state index in [2.05, 4.69) is 13.2 Å². The Morgan fingerprint density at radius 2 is 1.19 bits per heavy atom. The predicted octanol–water partition coefficient (Wildman–Crippen LogP) is 3.52. The van der Waals surface area contributed by atoms with E-state index in [0.717, 1.165) is 37.2 Å². The van der Waals surface area contributed by atoms with E-state index < -0.39 is 0 Å². The summed E-state index contributed by atoms with van der Waals surface area (Å²) in [6.07, 6.45) is 3.81. The first kappa shape index (κ1) is 19.8. The van der Waals surface area contributed by atoms with Crippen LogP contribution in [0.25, 0.3) is 0 Å². The van der Waals surface area contributed by atoms with E-state index in [4.69, 9.17) is 9.47 Å². The van der Waals surface area contributed by atoms with Gasteiger partial charge in [-0.2, -0.15) is 11.8 Å². The molecule has 0 heterocycles. The molecule has 0 saturated heterocycles. The van der Waals surface area contributed by atoms with Gasteiger partial charge in [0, 0.05) is 11.1 Å². The molecule has 0 spiro atoms. The van der Waals surface area contributed by atoms with Crippen molar-refractivity contribution in [1.82, 2.24) is 0 Å². The van der Waals surface area contributed by atoms with E-state index in [0.29, 0.717) is 24.4 Å². The minimum Gasteiger partial charge on any atom is -0.462 e. The molecule has 0 N–H and O–H groups in total. The number of rotatable bonds is 12. The topological polar surface area (TPSA) is 52.6 Å². The van der Waals surface area contributed by atoms with Crippen LogP contribution in [0.5, 0.6) is 0 Å². The van der Waals surface area contributed by atoms with Crippen molar-refractivity contribution in [3.05, 3.63) is 24.3 Å². The van der Waals surface area contributed by atoms with Gasteiger partial charge in [-0.3, -0.25) is 0 Å². The average Bonchev–Trinajstić information content (AvgIpc) is 2.43. The second-order valence-electron chi connectivity index (χ2n) is 4.86. The molecule has 0 atom stereocenters. The number of thioether (sulfide) groups is 1. The zero-order valence-corrected chi connectivity index (χ0v) is 13.9. The molecule has 0 aromatic heterocycles. The zero-order chi connectivity index (χ0) is 16.1. The lowest BCUT2D eigenvalue weighted by atomic mass is 10.3. The molecule has 0 unspecified atom stereocenters. The molecule has 120 valence electrons. The van der Waals surface area contributed by atoms with Crippen molar-refractivity contribution in [3.8, 4) is 0 Å². The van der Waals surface area contributed by atoms with Crippen LogP contribution in [0.4, 0.5) is 0 Å². The molecule has 0 fully saturated rings. The summed E-state index contributed by atoms with van der Waals surface area (Å²) >= 11 is 1.87. The summed E-state index contributed by atoms with van der Waals surface area (Å²) in [5.41, 5.74) is 0.883. The first-order valence-corrected chi connectivity index (χ1v) is 8.33. The Morgan fingerprint density at radius 3 is 1.52 bits per heavy atom. The van der Waals surface area contributed by atoms with Crippen molar-refractivity contribution >= 4 is 23.7 Å². The van der Waals surface area contributed by atoms with Crippen molar-refractivity contribution in [2.24, 2.45) is 0 Å². The van der Waals surface area contributed by atoms with Gasteiger partial charge >= 0.3 is 11.9 Å². The molecule has 0 aliphatic heterocycles. The summed E-state index contributed by atoms with van der Waals surface area (Å²) in [6, 6.07) is 0. The Labute approximate surface area is 132 Å². The van der Waals surface area contributed by atoms with Gasteiger partial charge in [0.15, 0.2) is 0 Å². The molecule has 0 amide bonds. The van der Waals surface area contributed by atoms with Crippen LogP contribution in [-0.2, 0) is 19.1 Å². The SMILES string of the molecule is C=C(C)C(=O)OCCCCSCCCCOC(=O)C(=C)C. The van der Waals surface area contributed by atoms with Gasteiger partial charge in [-0.1, -0.05) is 13.2 Å². The molecular formula is C16H26O4S. The quantitative estimate of drug-likeness (QED) is 0.313. The van der Waals surface area contributed by atoms with Gasteiger partial charge in [-0.25, -0.2) is 9.59 Å². The summed E-state index contributed by atoms with van der Waals surface area (Å²) in [5, 5.41) is 0. The Bertz CT molecular complexity index is 329. The molecule has 0 aromatic carbocycles. The second-order valence-corrected chi connectivity index (χ2v) is 6.08. The van der Waals surface area contributed by atoms with E-state index in [-0.39, 0.29) is 11.9 Å². The minimum absolute atomic E-state index is 0.313. The van der Waals surface area contributed by atoms with E-state index in [1.165, 1.54) is 0 Å². The molecular weight excluding hydrogens is 288 g/mol. The molecule has 0 aromatic rings. The minimum atomic E-state index is -0.313. The van der Waals surface area contributed by atoms with E-state index >= 15 is 0 Å². The van der Waals surface area contributed by atoms with Crippen LogP contribution in [0, 0.1) is 0 Å². The number of carbonyl (C=O) groups excluding carboxylic acids is 2. The summed E-state index contributed by atoms with van der Waals surface area (Å²) in [5.74, 6) is 1.48. The van der Waals surface area contributed by atoms with Crippen LogP contribution in [0.15, 0.2) is 24.3 Å². The highest BCUT2D eigenvalue weighted by Crippen LogP contribution is 2.08. The van der Waals surface area contributed by atoms with Gasteiger partial charge in [0.05, 0.1) is 13.2 Å². The molecule has 5 heteroatoms. The summed E-state index contributed by atoms with van der Waals surface area (Å²) in [6.45, 7) is 11.3. The van der Waals surface area contributed by atoms with E-state index in [1.54, 1.807) is 13.8 Å². The predicted molar refractivity (Wildman–Crippen MR) is 87.3 cm³/mol. The lowest BCUT2D eigenvalue weighted by molar-refractivity contribution is -0.139. The fourth-order valence-electron chi connectivity index (χ4n) is 1.29. The molecule has 0 aliphatic carbocycles. The van der Waals surface area contributed by atoms with Crippen LogP contribution < -0.4 is 0 Å². The van der Waals surface area contributed by atoms with Crippen molar-refractivity contribution in [1.29, 1.82) is 0 Å². The van der Waals surface area contributed by atoms with E-state index in [9.17, 15) is 9.59 Å². The zero-order valence-electron chi connectivity index (χ0n) is 13.1. The average molecular weight is 314 g/mol. The highest BCUT2D eigenvalue weighted by Gasteiger charge is 2.03. The van der Waals surface area contributed by atoms with Crippen molar-refractivity contribution in [2.75, 3.05) is 24.7 Å². The fourth-order valence-corrected chi connectivity index (χ4v) is 2.31. The van der Waals surface area contributed by atoms with Gasteiger partial charge in [0.2, 0.25) is 0 Å². The number of hydrogen-bond acceptors (Lipinski definition) is 5. The van der Waals surface area contributed by atoms with Gasteiger partial charge in [0.1, 0.15) is 0 Å². The van der Waals surface area contributed by atoms with Crippen molar-refractivity contribution in [2.45, 2.75) is 39.5 Å². The third kappa shape index (κ3) is 12.2. The first-order chi connectivity index (χ1) is 9.95. The van der Waals surface area contributed by atoms with Crippen LogP contribution in [0.3, 0.4) is 0 Å². The number of carbonyl (C=O) groups is 2. The Balaban J connectivity index is 3.23. The number of hydrogen-bond donors (Lipinski definition) is 0. The first-order valence-electron chi connectivity index (χ1n) is 7.18. The smallest absolute Gasteiger partial charge is 0.333 e. The molecule has 0 radical (unpaired) electrons. The Hall–Kier alpha value is -1.23. The molecule has 0 aliphatic rings. The Kier molecular flexibility index (Phi) is 11.8. The molecule has 0 bridgehead atoms. The highest BCUT2D eigenvalue weighted by atomic mass is 32.2. The second kappa shape index (κ2) is 12.5.